The molecule has 2 aromatic rings. The Morgan fingerprint density at radius 2 is 1.88 bits per heavy atom. The third-order valence-electron chi connectivity index (χ3n) is 2.08. The van der Waals surface area contributed by atoms with Crippen molar-refractivity contribution >= 4 is 11.5 Å². The lowest BCUT2D eigenvalue weighted by molar-refractivity contribution is -0.134. The molecule has 17 heavy (non-hydrogen) atoms. The van der Waals surface area contributed by atoms with E-state index in [2.05, 4.69) is 10.4 Å². The van der Waals surface area contributed by atoms with E-state index in [1.54, 1.807) is 24.3 Å². The minimum Gasteiger partial charge on any atom is -0.497 e. The van der Waals surface area contributed by atoms with E-state index in [0.717, 1.165) is 0 Å². The fraction of sp³-hybridized carbons (Fsp3) is 0.182. The zero-order valence-corrected chi connectivity index (χ0v) is 9.52. The molecule has 0 aliphatic rings. The standard InChI is InChI=1S/C11H7F3NOS/c1-16-8-4-2-7(3-5-8)9-6-10(17-15-9)11(12,13)14/h2-5H,1H3. The Balaban J connectivity index is 2.30. The molecule has 6 heteroatoms. The van der Waals surface area contributed by atoms with Gasteiger partial charge in [0.1, 0.15) is 10.6 Å². The van der Waals surface area contributed by atoms with Crippen molar-refractivity contribution in [2.75, 3.05) is 7.11 Å². The number of nitrogens with zero attached hydrogens (tertiary/aromatic N) is 1. The first-order valence-electron chi connectivity index (χ1n) is 4.61. The van der Waals surface area contributed by atoms with Gasteiger partial charge in [0, 0.05) is 11.6 Å². The van der Waals surface area contributed by atoms with Gasteiger partial charge >= 0.3 is 6.18 Å². The molecule has 0 unspecified atom stereocenters. The van der Waals surface area contributed by atoms with Gasteiger partial charge in [-0.1, -0.05) is 0 Å². The van der Waals surface area contributed by atoms with Crippen LogP contribution in [0, 0.1) is 6.07 Å². The topological polar surface area (TPSA) is 22.1 Å². The molecule has 0 fully saturated rings. The monoisotopic (exact) mass is 258 g/mol. The van der Waals surface area contributed by atoms with E-state index in [9.17, 15) is 13.2 Å². The number of ether oxygens (including phenoxy) is 1. The molecule has 1 radical (unpaired) electrons. The van der Waals surface area contributed by atoms with Crippen LogP contribution in [0.25, 0.3) is 11.3 Å². The highest BCUT2D eigenvalue weighted by Gasteiger charge is 2.33. The number of benzene rings is 1. The molecule has 1 aromatic heterocycles. The minimum atomic E-state index is -4.39. The first-order valence-corrected chi connectivity index (χ1v) is 5.38. The minimum absolute atomic E-state index is 0.199. The lowest BCUT2D eigenvalue weighted by atomic mass is 10.1. The summed E-state index contributed by atoms with van der Waals surface area (Å²) in [5.74, 6) is 0.639. The van der Waals surface area contributed by atoms with E-state index in [1.807, 2.05) is 0 Å². The quantitative estimate of drug-likeness (QED) is 0.820. The SMILES string of the molecule is COc1ccc(-c2[c]c(C(F)(F)F)sn2)cc1. The molecule has 0 amide bonds. The molecule has 1 heterocycles. The second kappa shape index (κ2) is 4.37. The van der Waals surface area contributed by atoms with Crippen molar-refractivity contribution in [2.45, 2.75) is 6.18 Å². The Labute approximate surface area is 99.8 Å². The number of alkyl halides is 3. The number of hydrogen-bond acceptors (Lipinski definition) is 3. The predicted octanol–water partition coefficient (Wildman–Crippen LogP) is 3.64. The summed E-state index contributed by atoms with van der Waals surface area (Å²) < 4.78 is 45.8. The van der Waals surface area contributed by atoms with Gasteiger partial charge in [0.05, 0.1) is 12.8 Å². The van der Waals surface area contributed by atoms with Gasteiger partial charge in [-0.15, -0.1) is 0 Å². The Morgan fingerprint density at radius 3 is 2.35 bits per heavy atom. The molecular weight excluding hydrogens is 251 g/mol. The molecule has 1 aromatic carbocycles. The summed E-state index contributed by atoms with van der Waals surface area (Å²) in [7, 11) is 1.52. The van der Waals surface area contributed by atoms with Crippen LogP contribution in [0.3, 0.4) is 0 Å². The molecule has 0 spiro atoms. The smallest absolute Gasteiger partial charge is 0.427 e. The van der Waals surface area contributed by atoms with E-state index in [4.69, 9.17) is 4.74 Å². The van der Waals surface area contributed by atoms with Crippen molar-refractivity contribution in [1.29, 1.82) is 0 Å². The maximum Gasteiger partial charge on any atom is 0.427 e. The Bertz CT molecular complexity index is 504. The molecule has 0 N–H and O–H groups in total. The maximum absolute atomic E-state index is 12.4. The Hall–Kier alpha value is -1.56. The average molecular weight is 258 g/mol. The van der Waals surface area contributed by atoms with Gasteiger partial charge in [-0.05, 0) is 35.8 Å². The highest BCUT2D eigenvalue weighted by atomic mass is 32.1. The normalized spacial score (nSPS) is 11.5. The van der Waals surface area contributed by atoms with Crippen LogP contribution < -0.4 is 4.74 Å². The Morgan fingerprint density at radius 1 is 1.24 bits per heavy atom. The lowest BCUT2D eigenvalue weighted by Crippen LogP contribution is -2.00. The summed E-state index contributed by atoms with van der Waals surface area (Å²) in [6, 6.07) is 8.86. The third kappa shape index (κ3) is 2.58. The van der Waals surface area contributed by atoms with Crippen LogP contribution in [0.5, 0.6) is 5.75 Å². The van der Waals surface area contributed by atoms with Crippen molar-refractivity contribution in [3.05, 3.63) is 35.2 Å². The van der Waals surface area contributed by atoms with Crippen molar-refractivity contribution < 1.29 is 17.9 Å². The number of aromatic nitrogens is 1. The highest BCUT2D eigenvalue weighted by molar-refractivity contribution is 7.06. The van der Waals surface area contributed by atoms with Gasteiger partial charge in [0.2, 0.25) is 0 Å². The number of halogens is 3. The number of rotatable bonds is 2. The summed E-state index contributed by atoms with van der Waals surface area (Å²) in [5, 5.41) is 0. The van der Waals surface area contributed by atoms with Crippen molar-refractivity contribution in [2.24, 2.45) is 0 Å². The molecule has 0 aliphatic carbocycles. The van der Waals surface area contributed by atoms with Crippen LogP contribution in [-0.2, 0) is 6.18 Å². The van der Waals surface area contributed by atoms with Crippen LogP contribution in [0.4, 0.5) is 13.2 Å². The molecule has 0 bridgehead atoms. The fourth-order valence-corrected chi connectivity index (χ4v) is 1.82. The summed E-state index contributed by atoms with van der Waals surface area (Å²) in [4.78, 5) is -0.816. The van der Waals surface area contributed by atoms with Crippen LogP contribution in [0.2, 0.25) is 0 Å². The van der Waals surface area contributed by atoms with Crippen molar-refractivity contribution in [1.82, 2.24) is 4.37 Å². The fourth-order valence-electron chi connectivity index (χ4n) is 1.24. The highest BCUT2D eigenvalue weighted by Crippen LogP contribution is 2.34. The average Bonchev–Trinajstić information content (AvgIpc) is 2.78. The number of hydrogen-bond donors (Lipinski definition) is 0. The summed E-state index contributed by atoms with van der Waals surface area (Å²) in [6.07, 6.45) is -4.39. The van der Waals surface area contributed by atoms with E-state index >= 15 is 0 Å². The second-order valence-electron chi connectivity index (χ2n) is 3.21. The predicted molar refractivity (Wildman–Crippen MR) is 57.9 cm³/mol. The first kappa shape index (κ1) is 11.9. The summed E-state index contributed by atoms with van der Waals surface area (Å²) in [6.45, 7) is 0. The molecule has 89 valence electrons. The summed E-state index contributed by atoms with van der Waals surface area (Å²) in [5.41, 5.74) is 0.780. The van der Waals surface area contributed by atoms with Gasteiger partial charge in [-0.25, -0.2) is 0 Å². The molecule has 2 nitrogen and oxygen atoms in total. The van der Waals surface area contributed by atoms with Gasteiger partial charge in [0.15, 0.2) is 0 Å². The summed E-state index contributed by atoms with van der Waals surface area (Å²) >= 11 is 0.399. The van der Waals surface area contributed by atoms with E-state index in [-0.39, 0.29) is 5.69 Å². The first-order chi connectivity index (χ1) is 8.00. The third-order valence-corrected chi connectivity index (χ3v) is 2.87. The van der Waals surface area contributed by atoms with Gasteiger partial charge < -0.3 is 4.74 Å². The van der Waals surface area contributed by atoms with E-state index in [0.29, 0.717) is 22.8 Å². The Kier molecular flexibility index (Phi) is 3.06. The van der Waals surface area contributed by atoms with Crippen LogP contribution in [0.15, 0.2) is 24.3 Å². The molecule has 0 atom stereocenters. The van der Waals surface area contributed by atoms with E-state index < -0.39 is 11.1 Å². The number of methoxy groups -OCH3 is 1. The largest absolute Gasteiger partial charge is 0.497 e. The lowest BCUT2D eigenvalue weighted by Gasteiger charge is -2.00. The second-order valence-corrected chi connectivity index (χ2v) is 3.98. The van der Waals surface area contributed by atoms with Crippen LogP contribution in [0.1, 0.15) is 4.88 Å². The molecular formula is C11H7F3NOS. The zero-order valence-electron chi connectivity index (χ0n) is 8.71. The van der Waals surface area contributed by atoms with Gasteiger partial charge in [0.25, 0.3) is 0 Å². The van der Waals surface area contributed by atoms with Gasteiger partial charge in [-0.2, -0.15) is 17.5 Å². The maximum atomic E-state index is 12.4. The zero-order chi connectivity index (χ0) is 12.5. The van der Waals surface area contributed by atoms with Crippen LogP contribution >= 0.6 is 11.5 Å². The van der Waals surface area contributed by atoms with Gasteiger partial charge in [-0.3, -0.25) is 0 Å². The molecule has 0 aliphatic heterocycles. The molecule has 2 rings (SSSR count). The van der Waals surface area contributed by atoms with Crippen molar-refractivity contribution in [3.8, 4) is 17.0 Å². The molecule has 0 saturated heterocycles. The molecule has 0 saturated carbocycles. The van der Waals surface area contributed by atoms with E-state index in [1.165, 1.54) is 7.11 Å². The van der Waals surface area contributed by atoms with Crippen molar-refractivity contribution in [3.63, 3.8) is 0 Å². The van der Waals surface area contributed by atoms with Crippen LogP contribution in [-0.4, -0.2) is 11.5 Å².